The third kappa shape index (κ3) is 4.27. The van der Waals surface area contributed by atoms with Crippen molar-refractivity contribution < 1.29 is 0 Å². The maximum atomic E-state index is 2.46. The standard InChI is InChI=1S/C44H30N2/c1-4-13-31(14-5-1)33-23-25-34(26-24-33)35-17-12-18-37(29-35)43-39-21-10-11-22-40(39)46-42-30-36(32-15-6-2-7-16-32)27-28-41(42)45(44(43)46)38-19-8-3-9-20-38/h1-30H. The molecule has 0 aliphatic carbocycles. The van der Waals surface area contributed by atoms with Crippen LogP contribution in [0.25, 0.3) is 77.8 Å². The van der Waals surface area contributed by atoms with E-state index in [9.17, 15) is 0 Å². The number of hydrogen-bond donors (Lipinski definition) is 0. The fourth-order valence-electron chi connectivity index (χ4n) is 6.96. The molecule has 2 heterocycles. The van der Waals surface area contributed by atoms with Gasteiger partial charge in [0.15, 0.2) is 0 Å². The Hall–Kier alpha value is -6.12. The van der Waals surface area contributed by atoms with E-state index in [0.29, 0.717) is 0 Å². The molecule has 0 aliphatic heterocycles. The van der Waals surface area contributed by atoms with E-state index in [-0.39, 0.29) is 0 Å². The zero-order valence-corrected chi connectivity index (χ0v) is 25.2. The second-order valence-corrected chi connectivity index (χ2v) is 11.8. The summed E-state index contributed by atoms with van der Waals surface area (Å²) in [6, 6.07) is 65.6. The van der Waals surface area contributed by atoms with Crippen molar-refractivity contribution in [2.24, 2.45) is 0 Å². The third-order valence-electron chi connectivity index (χ3n) is 9.12. The van der Waals surface area contributed by atoms with E-state index >= 15 is 0 Å². The first-order valence-corrected chi connectivity index (χ1v) is 15.8. The van der Waals surface area contributed by atoms with Gasteiger partial charge < -0.3 is 0 Å². The number of imidazole rings is 1. The molecule has 2 nitrogen and oxygen atoms in total. The molecule has 2 heteroatoms. The number of nitrogens with zero attached hydrogens (tertiary/aromatic N) is 2. The minimum absolute atomic E-state index is 1.15. The molecule has 2 aromatic heterocycles. The monoisotopic (exact) mass is 586 g/mol. The Balaban J connectivity index is 1.30. The van der Waals surface area contributed by atoms with Gasteiger partial charge in [-0.3, -0.25) is 8.97 Å². The first-order chi connectivity index (χ1) is 22.8. The predicted octanol–water partition coefficient (Wildman–Crippen LogP) is 11.7. The number of hydrogen-bond acceptors (Lipinski definition) is 0. The van der Waals surface area contributed by atoms with Gasteiger partial charge in [0.2, 0.25) is 0 Å². The summed E-state index contributed by atoms with van der Waals surface area (Å²) in [5, 5.41) is 1.24. The summed E-state index contributed by atoms with van der Waals surface area (Å²) in [5.74, 6) is 0. The van der Waals surface area contributed by atoms with E-state index in [0.717, 1.165) is 5.69 Å². The first-order valence-electron chi connectivity index (χ1n) is 15.8. The van der Waals surface area contributed by atoms with Gasteiger partial charge >= 0.3 is 0 Å². The van der Waals surface area contributed by atoms with Crippen LogP contribution in [0.1, 0.15) is 0 Å². The van der Waals surface area contributed by atoms with Crippen molar-refractivity contribution in [1.82, 2.24) is 8.97 Å². The van der Waals surface area contributed by atoms with Crippen LogP contribution in [-0.2, 0) is 0 Å². The lowest BCUT2D eigenvalue weighted by molar-refractivity contribution is 1.15. The average molecular weight is 587 g/mol. The molecule has 0 saturated heterocycles. The zero-order valence-electron chi connectivity index (χ0n) is 25.2. The van der Waals surface area contributed by atoms with E-state index in [1.807, 2.05) is 0 Å². The molecular weight excluding hydrogens is 556 g/mol. The molecule has 216 valence electrons. The van der Waals surface area contributed by atoms with Crippen LogP contribution in [0.4, 0.5) is 0 Å². The van der Waals surface area contributed by atoms with Crippen LogP contribution in [-0.4, -0.2) is 8.97 Å². The molecule has 0 radical (unpaired) electrons. The van der Waals surface area contributed by atoms with Crippen molar-refractivity contribution >= 4 is 27.6 Å². The van der Waals surface area contributed by atoms with Crippen LogP contribution < -0.4 is 0 Å². The van der Waals surface area contributed by atoms with Gasteiger partial charge in [0, 0.05) is 16.6 Å². The van der Waals surface area contributed by atoms with Gasteiger partial charge in [-0.25, -0.2) is 0 Å². The lowest BCUT2D eigenvalue weighted by Gasteiger charge is -2.11. The Morgan fingerprint density at radius 1 is 0.304 bits per heavy atom. The lowest BCUT2D eigenvalue weighted by atomic mass is 9.96. The maximum Gasteiger partial charge on any atom is 0.131 e. The molecule has 7 aromatic carbocycles. The quantitative estimate of drug-likeness (QED) is 0.190. The van der Waals surface area contributed by atoms with Crippen molar-refractivity contribution in [1.29, 1.82) is 0 Å². The Morgan fingerprint density at radius 3 is 1.52 bits per heavy atom. The Morgan fingerprint density at radius 2 is 0.804 bits per heavy atom. The fourth-order valence-corrected chi connectivity index (χ4v) is 6.96. The van der Waals surface area contributed by atoms with Gasteiger partial charge in [-0.15, -0.1) is 0 Å². The van der Waals surface area contributed by atoms with Crippen molar-refractivity contribution in [2.75, 3.05) is 0 Å². The van der Waals surface area contributed by atoms with Gasteiger partial charge in [-0.2, -0.15) is 0 Å². The normalized spacial score (nSPS) is 11.5. The molecule has 0 spiro atoms. The van der Waals surface area contributed by atoms with Crippen LogP contribution >= 0.6 is 0 Å². The number of aromatic nitrogens is 2. The minimum atomic E-state index is 1.15. The summed E-state index contributed by atoms with van der Waals surface area (Å²) in [5.41, 5.74) is 15.6. The Labute approximate surface area is 268 Å². The van der Waals surface area contributed by atoms with Crippen LogP contribution in [0.5, 0.6) is 0 Å². The van der Waals surface area contributed by atoms with E-state index in [4.69, 9.17) is 0 Å². The van der Waals surface area contributed by atoms with Gasteiger partial charge in [-0.05, 0) is 75.3 Å². The molecular formula is C44H30N2. The highest BCUT2D eigenvalue weighted by atomic mass is 15.1. The van der Waals surface area contributed by atoms with E-state index in [1.165, 1.54) is 72.1 Å². The smallest absolute Gasteiger partial charge is 0.131 e. The molecule has 0 N–H and O–H groups in total. The highest BCUT2D eigenvalue weighted by molar-refractivity contribution is 6.10. The maximum absolute atomic E-state index is 2.46. The Kier molecular flexibility index (Phi) is 6.17. The third-order valence-corrected chi connectivity index (χ3v) is 9.12. The lowest BCUT2D eigenvalue weighted by Crippen LogP contribution is -1.95. The fraction of sp³-hybridized carbons (Fsp3) is 0. The van der Waals surface area contributed by atoms with Crippen molar-refractivity contribution in [3.05, 3.63) is 182 Å². The summed E-state index contributed by atoms with van der Waals surface area (Å²) in [6.07, 6.45) is 0. The first kappa shape index (κ1) is 26.3. The van der Waals surface area contributed by atoms with Gasteiger partial charge in [0.05, 0.1) is 16.6 Å². The molecule has 46 heavy (non-hydrogen) atoms. The predicted molar refractivity (Wildman–Crippen MR) is 193 cm³/mol. The minimum Gasteiger partial charge on any atom is -0.293 e. The van der Waals surface area contributed by atoms with Crippen LogP contribution in [0.3, 0.4) is 0 Å². The van der Waals surface area contributed by atoms with Gasteiger partial charge in [0.1, 0.15) is 5.65 Å². The second-order valence-electron chi connectivity index (χ2n) is 11.8. The largest absolute Gasteiger partial charge is 0.293 e. The van der Waals surface area contributed by atoms with Gasteiger partial charge in [-0.1, -0.05) is 146 Å². The van der Waals surface area contributed by atoms with Crippen molar-refractivity contribution in [3.8, 4) is 50.2 Å². The van der Waals surface area contributed by atoms with E-state index < -0.39 is 0 Å². The molecule has 9 aromatic rings. The van der Waals surface area contributed by atoms with E-state index in [2.05, 4.69) is 191 Å². The van der Waals surface area contributed by atoms with Crippen molar-refractivity contribution in [2.45, 2.75) is 0 Å². The zero-order chi connectivity index (χ0) is 30.5. The second kappa shape index (κ2) is 10.8. The molecule has 9 rings (SSSR count). The Bertz CT molecular complexity index is 2480. The molecule has 0 saturated carbocycles. The number of fused-ring (bicyclic) bond motifs is 5. The summed E-state index contributed by atoms with van der Waals surface area (Å²) >= 11 is 0. The van der Waals surface area contributed by atoms with Crippen LogP contribution in [0.2, 0.25) is 0 Å². The molecule has 0 fully saturated rings. The molecule has 0 atom stereocenters. The number of benzene rings is 7. The van der Waals surface area contributed by atoms with Crippen LogP contribution in [0, 0.1) is 0 Å². The molecule has 0 aliphatic rings. The van der Waals surface area contributed by atoms with E-state index in [1.54, 1.807) is 0 Å². The average Bonchev–Trinajstić information content (AvgIpc) is 3.65. The number of rotatable bonds is 5. The SMILES string of the molecule is c1ccc(-c2ccc(-c3cccc(-c4c5ccccc5n5c6cc(-c7ccccc7)ccc6n(-c6ccccc6)c45)c3)cc2)cc1. The summed E-state index contributed by atoms with van der Waals surface area (Å²) in [7, 11) is 0. The molecule has 0 unspecified atom stereocenters. The number of para-hydroxylation sites is 2. The highest BCUT2D eigenvalue weighted by Crippen LogP contribution is 2.42. The summed E-state index contributed by atoms with van der Waals surface area (Å²) < 4.78 is 4.89. The topological polar surface area (TPSA) is 9.34 Å². The summed E-state index contributed by atoms with van der Waals surface area (Å²) in [4.78, 5) is 0. The molecule has 0 amide bonds. The summed E-state index contributed by atoms with van der Waals surface area (Å²) in [6.45, 7) is 0. The highest BCUT2D eigenvalue weighted by Gasteiger charge is 2.23. The van der Waals surface area contributed by atoms with Crippen LogP contribution in [0.15, 0.2) is 182 Å². The van der Waals surface area contributed by atoms with Gasteiger partial charge in [0.25, 0.3) is 0 Å². The van der Waals surface area contributed by atoms with Crippen molar-refractivity contribution in [3.63, 3.8) is 0 Å². The molecule has 0 bridgehead atoms.